The van der Waals surface area contributed by atoms with Gasteiger partial charge in [0.05, 0.1) is 12.0 Å². The van der Waals surface area contributed by atoms with E-state index >= 15 is 0 Å². The number of ether oxygens (including phenoxy) is 1. The normalized spacial score (nSPS) is 10.4. The molecule has 0 atom stereocenters. The van der Waals surface area contributed by atoms with Gasteiger partial charge in [-0.15, -0.1) is 0 Å². The smallest absolute Gasteiger partial charge is 0.356 e. The van der Waals surface area contributed by atoms with Gasteiger partial charge in [0.25, 0.3) is 0 Å². The van der Waals surface area contributed by atoms with Crippen molar-refractivity contribution in [3.8, 4) is 0 Å². The van der Waals surface area contributed by atoms with E-state index in [9.17, 15) is 14.9 Å². The predicted molar refractivity (Wildman–Crippen MR) is 75.0 cm³/mol. The lowest BCUT2D eigenvalue weighted by atomic mass is 10.1. The Morgan fingerprint density at radius 1 is 1.45 bits per heavy atom. The zero-order valence-electron chi connectivity index (χ0n) is 12.1. The molecule has 1 heterocycles. The van der Waals surface area contributed by atoms with Crippen molar-refractivity contribution in [1.82, 2.24) is 4.98 Å². The number of hydrogen-bond donors (Lipinski definition) is 0. The number of anilines is 1. The topological polar surface area (TPSA) is 85.6 Å². The summed E-state index contributed by atoms with van der Waals surface area (Å²) in [6.45, 7) is 4.00. The monoisotopic (exact) mass is 281 g/mol. The summed E-state index contributed by atoms with van der Waals surface area (Å²) in [4.78, 5) is 27.9. The maximum atomic E-state index is 11.5. The minimum Gasteiger partial charge on any atom is -0.464 e. The minimum absolute atomic E-state index is 0.0610. The standard InChI is InChI=1S/C13H19N3O4/c1-5-9(6-2)15(3)12-11(16(18)19)8-7-10(14-12)13(17)20-4/h7-9H,5-6H2,1-4H3. The van der Waals surface area contributed by atoms with E-state index in [1.807, 2.05) is 13.8 Å². The number of nitro groups is 1. The number of pyridine rings is 1. The van der Waals surface area contributed by atoms with E-state index in [-0.39, 0.29) is 23.2 Å². The van der Waals surface area contributed by atoms with Gasteiger partial charge in [-0.3, -0.25) is 10.1 Å². The average Bonchev–Trinajstić information content (AvgIpc) is 2.46. The van der Waals surface area contributed by atoms with Crippen molar-refractivity contribution < 1.29 is 14.5 Å². The van der Waals surface area contributed by atoms with Gasteiger partial charge in [-0.1, -0.05) is 13.8 Å². The number of methoxy groups -OCH3 is 1. The summed E-state index contributed by atoms with van der Waals surface area (Å²) < 4.78 is 4.59. The zero-order chi connectivity index (χ0) is 15.3. The lowest BCUT2D eigenvalue weighted by Crippen LogP contribution is -2.32. The van der Waals surface area contributed by atoms with Crippen LogP contribution in [0.5, 0.6) is 0 Å². The van der Waals surface area contributed by atoms with E-state index in [1.54, 1.807) is 11.9 Å². The van der Waals surface area contributed by atoms with Crippen LogP contribution >= 0.6 is 0 Å². The number of nitrogens with zero attached hydrogens (tertiary/aromatic N) is 3. The molecule has 1 aromatic heterocycles. The molecule has 0 radical (unpaired) electrons. The maximum Gasteiger partial charge on any atom is 0.356 e. The van der Waals surface area contributed by atoms with Crippen LogP contribution < -0.4 is 4.90 Å². The Bertz CT molecular complexity index is 500. The summed E-state index contributed by atoms with van der Waals surface area (Å²) in [5, 5.41) is 11.1. The molecule has 0 aliphatic rings. The Morgan fingerprint density at radius 2 is 2.05 bits per heavy atom. The second-order valence-corrected chi connectivity index (χ2v) is 4.37. The van der Waals surface area contributed by atoms with Crippen molar-refractivity contribution in [1.29, 1.82) is 0 Å². The third-order valence-electron chi connectivity index (χ3n) is 3.27. The summed E-state index contributed by atoms with van der Waals surface area (Å²) in [6.07, 6.45) is 1.66. The molecule has 0 N–H and O–H groups in total. The molecular weight excluding hydrogens is 262 g/mol. The van der Waals surface area contributed by atoms with Crippen LogP contribution in [0.4, 0.5) is 11.5 Å². The van der Waals surface area contributed by atoms with Gasteiger partial charge in [-0.05, 0) is 18.9 Å². The van der Waals surface area contributed by atoms with Crippen LogP contribution in [0.15, 0.2) is 12.1 Å². The zero-order valence-corrected chi connectivity index (χ0v) is 12.1. The van der Waals surface area contributed by atoms with Gasteiger partial charge in [0.1, 0.15) is 0 Å². The van der Waals surface area contributed by atoms with E-state index < -0.39 is 10.9 Å². The van der Waals surface area contributed by atoms with E-state index in [0.29, 0.717) is 0 Å². The summed E-state index contributed by atoms with van der Waals surface area (Å²) in [7, 11) is 2.99. The van der Waals surface area contributed by atoms with Gasteiger partial charge in [-0.2, -0.15) is 0 Å². The first-order valence-corrected chi connectivity index (χ1v) is 6.42. The molecule has 0 aliphatic carbocycles. The number of rotatable bonds is 6. The van der Waals surface area contributed by atoms with Crippen molar-refractivity contribution in [3.63, 3.8) is 0 Å². The number of carbonyl (C=O) groups excluding carboxylic acids is 1. The molecule has 7 nitrogen and oxygen atoms in total. The molecule has 1 rings (SSSR count). The summed E-state index contributed by atoms with van der Waals surface area (Å²) in [5.41, 5.74) is -0.0574. The van der Waals surface area contributed by atoms with Gasteiger partial charge in [0.2, 0.25) is 5.82 Å². The first kappa shape index (κ1) is 15.9. The van der Waals surface area contributed by atoms with Crippen molar-refractivity contribution in [2.75, 3.05) is 19.1 Å². The van der Waals surface area contributed by atoms with Crippen LogP contribution in [-0.4, -0.2) is 36.1 Å². The Balaban J connectivity index is 3.31. The molecule has 0 amide bonds. The molecule has 7 heteroatoms. The molecule has 0 saturated carbocycles. The Morgan fingerprint density at radius 3 is 2.50 bits per heavy atom. The molecule has 0 bridgehead atoms. The van der Waals surface area contributed by atoms with Gasteiger partial charge < -0.3 is 9.64 Å². The van der Waals surface area contributed by atoms with Gasteiger partial charge in [-0.25, -0.2) is 9.78 Å². The largest absolute Gasteiger partial charge is 0.464 e. The molecule has 0 saturated heterocycles. The molecular formula is C13H19N3O4. The van der Waals surface area contributed by atoms with E-state index in [1.165, 1.54) is 19.2 Å². The van der Waals surface area contributed by atoms with Crippen molar-refractivity contribution >= 4 is 17.5 Å². The quantitative estimate of drug-likeness (QED) is 0.452. The van der Waals surface area contributed by atoms with Crippen molar-refractivity contribution in [3.05, 3.63) is 27.9 Å². The van der Waals surface area contributed by atoms with E-state index in [2.05, 4.69) is 9.72 Å². The Hall–Kier alpha value is -2.18. The van der Waals surface area contributed by atoms with E-state index in [0.717, 1.165) is 12.8 Å². The van der Waals surface area contributed by atoms with Gasteiger partial charge >= 0.3 is 11.7 Å². The lowest BCUT2D eigenvalue weighted by molar-refractivity contribution is -0.384. The van der Waals surface area contributed by atoms with Crippen LogP contribution in [0.25, 0.3) is 0 Å². The minimum atomic E-state index is -0.612. The summed E-state index contributed by atoms with van der Waals surface area (Å²) in [6, 6.07) is 2.70. The average molecular weight is 281 g/mol. The van der Waals surface area contributed by atoms with Crippen molar-refractivity contribution in [2.45, 2.75) is 32.7 Å². The molecule has 0 fully saturated rings. The third kappa shape index (κ3) is 3.23. The lowest BCUT2D eigenvalue weighted by Gasteiger charge is -2.27. The number of carbonyl (C=O) groups is 1. The second kappa shape index (κ2) is 6.83. The molecule has 20 heavy (non-hydrogen) atoms. The fourth-order valence-corrected chi connectivity index (χ4v) is 2.07. The van der Waals surface area contributed by atoms with Crippen LogP contribution in [0.2, 0.25) is 0 Å². The van der Waals surface area contributed by atoms with Crippen molar-refractivity contribution in [2.24, 2.45) is 0 Å². The van der Waals surface area contributed by atoms with Crippen LogP contribution in [0.1, 0.15) is 37.2 Å². The molecule has 0 aliphatic heterocycles. The number of hydrogen-bond acceptors (Lipinski definition) is 6. The molecule has 0 aromatic carbocycles. The first-order chi connectivity index (χ1) is 9.46. The van der Waals surface area contributed by atoms with Crippen LogP contribution in [0.3, 0.4) is 0 Å². The number of esters is 1. The molecule has 110 valence electrons. The number of aromatic nitrogens is 1. The molecule has 0 unspecified atom stereocenters. The fraction of sp³-hybridized carbons (Fsp3) is 0.538. The summed E-state index contributed by atoms with van der Waals surface area (Å²) >= 11 is 0. The predicted octanol–water partition coefficient (Wildman–Crippen LogP) is 2.40. The Kier molecular flexibility index (Phi) is 5.42. The van der Waals surface area contributed by atoms with Gasteiger partial charge in [0, 0.05) is 19.2 Å². The highest BCUT2D eigenvalue weighted by molar-refractivity contribution is 5.88. The van der Waals surface area contributed by atoms with Crippen LogP contribution in [-0.2, 0) is 4.74 Å². The molecule has 0 spiro atoms. The SMILES string of the molecule is CCC(CC)N(C)c1nc(C(=O)OC)ccc1[N+](=O)[O-]. The van der Waals surface area contributed by atoms with Gasteiger partial charge in [0.15, 0.2) is 5.69 Å². The highest BCUT2D eigenvalue weighted by Gasteiger charge is 2.24. The summed E-state index contributed by atoms with van der Waals surface area (Å²) in [5.74, 6) is -0.425. The van der Waals surface area contributed by atoms with E-state index in [4.69, 9.17) is 0 Å². The second-order valence-electron chi connectivity index (χ2n) is 4.37. The molecule has 1 aromatic rings. The third-order valence-corrected chi connectivity index (χ3v) is 3.27. The van der Waals surface area contributed by atoms with Crippen LogP contribution in [0, 0.1) is 10.1 Å². The highest BCUT2D eigenvalue weighted by Crippen LogP contribution is 2.28. The fourth-order valence-electron chi connectivity index (χ4n) is 2.07. The maximum absolute atomic E-state index is 11.5. The Labute approximate surface area is 117 Å². The highest BCUT2D eigenvalue weighted by atomic mass is 16.6. The first-order valence-electron chi connectivity index (χ1n) is 6.42.